The Hall–Kier alpha value is -1.97. The quantitative estimate of drug-likeness (QED) is 0.418. The molecule has 0 aliphatic heterocycles. The highest BCUT2D eigenvalue weighted by atomic mass is 16.5. The topological polar surface area (TPSA) is 55.7 Å². The maximum absolute atomic E-state index is 11.1. The maximum Gasteiger partial charge on any atom is 0.337 e. The number of rotatable bonds is 3. The second-order valence-corrected chi connectivity index (χ2v) is 2.61. The van der Waals surface area contributed by atoms with Crippen molar-refractivity contribution in [1.29, 1.82) is 0 Å². The molecule has 1 rings (SSSR count). The highest BCUT2D eigenvalue weighted by Gasteiger charge is 2.08. The number of ether oxygens (including phenoxy) is 1. The molecule has 0 spiro atoms. The van der Waals surface area contributed by atoms with Crippen LogP contribution in [0.3, 0.4) is 0 Å². The van der Waals surface area contributed by atoms with Crippen LogP contribution in [0.5, 0.6) is 0 Å². The van der Waals surface area contributed by atoms with E-state index in [1.165, 1.54) is 19.2 Å². The van der Waals surface area contributed by atoms with Gasteiger partial charge in [-0.2, -0.15) is 0 Å². The molecule has 1 aromatic rings. The summed E-state index contributed by atoms with van der Waals surface area (Å²) in [5, 5.41) is 2.74. The molecule has 0 amide bonds. The average Bonchev–Trinajstić information content (AvgIpc) is 2.27. The van der Waals surface area contributed by atoms with Gasteiger partial charge in [0.2, 0.25) is 0 Å². The molecule has 4 heteroatoms. The zero-order valence-corrected chi connectivity index (χ0v) is 7.69. The Morgan fingerprint density at radius 3 is 2.36 bits per heavy atom. The van der Waals surface area contributed by atoms with Crippen LogP contribution in [0.2, 0.25) is 0 Å². The van der Waals surface area contributed by atoms with Crippen molar-refractivity contribution in [2.45, 2.75) is 0 Å². The lowest BCUT2D eigenvalue weighted by molar-refractivity contribution is -0.133. The standard InChI is InChI=1S/C10H9NO3/c1-7(10(12)14-2)8-3-5-9(11-13)6-4-8/h3-6H,1H2,2H3. The van der Waals surface area contributed by atoms with E-state index in [1.54, 1.807) is 12.1 Å². The van der Waals surface area contributed by atoms with E-state index in [-0.39, 0.29) is 5.57 Å². The zero-order chi connectivity index (χ0) is 10.6. The second-order valence-electron chi connectivity index (χ2n) is 2.61. The summed E-state index contributed by atoms with van der Waals surface area (Å²) in [7, 11) is 1.29. The predicted octanol–water partition coefficient (Wildman–Crippen LogP) is 2.27. The number of esters is 1. The summed E-state index contributed by atoms with van der Waals surface area (Å²) < 4.78 is 4.50. The van der Waals surface area contributed by atoms with Crippen molar-refractivity contribution in [3.05, 3.63) is 41.3 Å². The third-order valence-corrected chi connectivity index (χ3v) is 1.75. The molecule has 0 heterocycles. The Kier molecular flexibility index (Phi) is 3.12. The lowest BCUT2D eigenvalue weighted by Crippen LogP contribution is -2.02. The number of methoxy groups -OCH3 is 1. The third kappa shape index (κ3) is 2.04. The van der Waals surface area contributed by atoms with Gasteiger partial charge in [-0.15, -0.1) is 4.91 Å². The van der Waals surface area contributed by atoms with Crippen molar-refractivity contribution in [2.75, 3.05) is 7.11 Å². The van der Waals surface area contributed by atoms with E-state index in [2.05, 4.69) is 16.5 Å². The van der Waals surface area contributed by atoms with Crippen LogP contribution in [-0.4, -0.2) is 13.1 Å². The van der Waals surface area contributed by atoms with Crippen molar-refractivity contribution in [3.63, 3.8) is 0 Å². The van der Waals surface area contributed by atoms with Crippen LogP contribution in [-0.2, 0) is 9.53 Å². The van der Waals surface area contributed by atoms with Gasteiger partial charge in [-0.25, -0.2) is 4.79 Å². The van der Waals surface area contributed by atoms with E-state index in [4.69, 9.17) is 0 Å². The number of hydrogen-bond donors (Lipinski definition) is 0. The summed E-state index contributed by atoms with van der Waals surface area (Å²) in [4.78, 5) is 21.2. The van der Waals surface area contributed by atoms with Gasteiger partial charge in [0, 0.05) is 0 Å². The van der Waals surface area contributed by atoms with Crippen molar-refractivity contribution in [3.8, 4) is 0 Å². The Morgan fingerprint density at radius 2 is 1.93 bits per heavy atom. The van der Waals surface area contributed by atoms with Crippen LogP contribution in [0, 0.1) is 4.91 Å². The molecule has 0 fully saturated rings. The number of carbonyl (C=O) groups is 1. The van der Waals surface area contributed by atoms with Crippen molar-refractivity contribution in [1.82, 2.24) is 0 Å². The summed E-state index contributed by atoms with van der Waals surface area (Å²) in [6.45, 7) is 3.57. The second kappa shape index (κ2) is 4.32. The fourth-order valence-electron chi connectivity index (χ4n) is 0.965. The summed E-state index contributed by atoms with van der Waals surface area (Å²) in [6.07, 6.45) is 0. The molecule has 0 aliphatic rings. The molecule has 1 aromatic carbocycles. The zero-order valence-electron chi connectivity index (χ0n) is 7.69. The molecular weight excluding hydrogens is 182 g/mol. The van der Waals surface area contributed by atoms with E-state index >= 15 is 0 Å². The van der Waals surface area contributed by atoms with E-state index < -0.39 is 5.97 Å². The smallest absolute Gasteiger partial charge is 0.337 e. The summed E-state index contributed by atoms with van der Waals surface area (Å²) in [6, 6.07) is 6.21. The molecule has 0 N–H and O–H groups in total. The minimum absolute atomic E-state index is 0.255. The van der Waals surface area contributed by atoms with Crippen molar-refractivity contribution in [2.24, 2.45) is 5.18 Å². The van der Waals surface area contributed by atoms with Gasteiger partial charge in [0.25, 0.3) is 0 Å². The highest BCUT2D eigenvalue weighted by molar-refractivity contribution is 6.15. The fourth-order valence-corrected chi connectivity index (χ4v) is 0.965. The Labute approximate surface area is 81.2 Å². The van der Waals surface area contributed by atoms with Crippen molar-refractivity contribution < 1.29 is 9.53 Å². The first kappa shape index (κ1) is 10.1. The molecule has 0 aromatic heterocycles. The minimum Gasteiger partial charge on any atom is -0.465 e. The van der Waals surface area contributed by atoms with Gasteiger partial charge in [0.05, 0.1) is 12.7 Å². The molecule has 0 radical (unpaired) electrons. The molecular formula is C10H9NO3. The number of benzene rings is 1. The monoisotopic (exact) mass is 191 g/mol. The van der Waals surface area contributed by atoms with Gasteiger partial charge in [0.1, 0.15) is 5.69 Å². The molecule has 0 atom stereocenters. The third-order valence-electron chi connectivity index (χ3n) is 1.75. The number of nitroso groups, excluding NO2 is 1. The lowest BCUT2D eigenvalue weighted by Gasteiger charge is -2.02. The SMILES string of the molecule is C=C(C(=O)OC)c1ccc(N=O)cc1. The van der Waals surface area contributed by atoms with Crippen molar-refractivity contribution >= 4 is 17.2 Å². The largest absolute Gasteiger partial charge is 0.465 e. The Bertz CT molecular complexity index is 367. The van der Waals surface area contributed by atoms with Gasteiger partial charge in [-0.1, -0.05) is 18.7 Å². The van der Waals surface area contributed by atoms with E-state index in [1.807, 2.05) is 0 Å². The van der Waals surface area contributed by atoms with Gasteiger partial charge in [-0.05, 0) is 22.9 Å². The van der Waals surface area contributed by atoms with E-state index in [0.717, 1.165) is 0 Å². The van der Waals surface area contributed by atoms with Gasteiger partial charge < -0.3 is 4.74 Å². The van der Waals surface area contributed by atoms with Gasteiger partial charge in [0.15, 0.2) is 0 Å². The van der Waals surface area contributed by atoms with Crippen LogP contribution < -0.4 is 0 Å². The molecule has 4 nitrogen and oxygen atoms in total. The number of hydrogen-bond acceptors (Lipinski definition) is 4. The molecule has 0 unspecified atom stereocenters. The minimum atomic E-state index is -0.489. The molecule has 0 aliphatic carbocycles. The van der Waals surface area contributed by atoms with Gasteiger partial charge >= 0.3 is 5.97 Å². The highest BCUT2D eigenvalue weighted by Crippen LogP contribution is 2.18. The first-order valence-corrected chi connectivity index (χ1v) is 3.90. The maximum atomic E-state index is 11.1. The van der Waals surface area contributed by atoms with Crippen LogP contribution in [0.25, 0.3) is 5.57 Å². The van der Waals surface area contributed by atoms with Gasteiger partial charge in [-0.3, -0.25) is 0 Å². The molecule has 72 valence electrons. The number of nitrogens with zero attached hydrogens (tertiary/aromatic N) is 1. The Balaban J connectivity index is 2.92. The predicted molar refractivity (Wildman–Crippen MR) is 52.9 cm³/mol. The normalized spacial score (nSPS) is 9.21. The van der Waals surface area contributed by atoms with Crippen LogP contribution >= 0.6 is 0 Å². The molecule has 0 bridgehead atoms. The first-order chi connectivity index (χ1) is 6.69. The molecule has 0 saturated heterocycles. The first-order valence-electron chi connectivity index (χ1n) is 3.90. The summed E-state index contributed by atoms with van der Waals surface area (Å²) >= 11 is 0. The van der Waals surface area contributed by atoms with E-state index in [0.29, 0.717) is 11.3 Å². The fraction of sp³-hybridized carbons (Fsp3) is 0.100. The lowest BCUT2D eigenvalue weighted by atomic mass is 10.1. The summed E-state index contributed by atoms with van der Waals surface area (Å²) in [5.74, 6) is -0.489. The Morgan fingerprint density at radius 1 is 1.36 bits per heavy atom. The number of carbonyl (C=O) groups excluding carboxylic acids is 1. The van der Waals surface area contributed by atoms with Crippen LogP contribution in [0.1, 0.15) is 5.56 Å². The average molecular weight is 191 g/mol. The van der Waals surface area contributed by atoms with E-state index in [9.17, 15) is 9.70 Å². The van der Waals surface area contributed by atoms with Crippen LogP contribution in [0.4, 0.5) is 5.69 Å². The molecule has 0 saturated carbocycles. The molecule has 14 heavy (non-hydrogen) atoms. The summed E-state index contributed by atoms with van der Waals surface area (Å²) in [5.41, 5.74) is 1.18. The van der Waals surface area contributed by atoms with Crippen LogP contribution in [0.15, 0.2) is 36.0 Å².